The van der Waals surface area contributed by atoms with Crippen LogP contribution in [0.3, 0.4) is 0 Å². The monoisotopic (exact) mass is 256 g/mol. The Balaban J connectivity index is 2.65. The highest BCUT2D eigenvalue weighted by molar-refractivity contribution is 7.71. The summed E-state index contributed by atoms with van der Waals surface area (Å²) in [5.74, 6) is -0.317. The molecule has 0 saturated heterocycles. The van der Waals surface area contributed by atoms with Crippen LogP contribution in [0.1, 0.15) is 27.9 Å². The van der Waals surface area contributed by atoms with Crippen LogP contribution in [-0.4, -0.2) is 23.0 Å². The lowest BCUT2D eigenvalue weighted by molar-refractivity contribution is 0.0608. The molecule has 0 bridgehead atoms. The molecule has 2 rings (SSSR count). The third-order valence-electron chi connectivity index (χ3n) is 2.31. The second kappa shape index (κ2) is 4.39. The van der Waals surface area contributed by atoms with Gasteiger partial charge in [0.15, 0.2) is 4.77 Å². The van der Waals surface area contributed by atoms with Crippen LogP contribution < -0.4 is 0 Å². The first-order chi connectivity index (χ1) is 7.67. The highest BCUT2D eigenvalue weighted by atomic mass is 32.1. The Labute approximate surface area is 102 Å². The van der Waals surface area contributed by atoms with Gasteiger partial charge < -0.3 is 14.7 Å². The maximum atomic E-state index is 11.6. The molecule has 0 amide bonds. The van der Waals surface area contributed by atoms with Gasteiger partial charge in [0.05, 0.1) is 18.1 Å². The minimum absolute atomic E-state index is 0.317. The van der Waals surface area contributed by atoms with E-state index in [2.05, 4.69) is 16.9 Å². The Bertz CT molecular complexity index is 579. The van der Waals surface area contributed by atoms with E-state index in [4.69, 9.17) is 17.0 Å². The van der Waals surface area contributed by atoms with Crippen LogP contribution in [0.2, 0.25) is 0 Å². The molecule has 16 heavy (non-hydrogen) atoms. The van der Waals surface area contributed by atoms with Crippen molar-refractivity contribution in [2.75, 3.05) is 7.11 Å². The minimum atomic E-state index is -0.317. The van der Waals surface area contributed by atoms with Gasteiger partial charge in [-0.2, -0.15) is 0 Å². The first-order valence-electron chi connectivity index (χ1n) is 4.99. The minimum Gasteiger partial charge on any atom is -0.465 e. The fraction of sp³-hybridized carbons (Fsp3) is 0.400. The summed E-state index contributed by atoms with van der Waals surface area (Å²) in [5, 5.41) is 0. The van der Waals surface area contributed by atoms with Gasteiger partial charge in [0.25, 0.3) is 0 Å². The number of thiophene rings is 1. The molecule has 2 N–H and O–H groups in total. The summed E-state index contributed by atoms with van der Waals surface area (Å²) < 4.78 is 5.29. The molecule has 2 heterocycles. The number of imidazole rings is 1. The van der Waals surface area contributed by atoms with Gasteiger partial charge in [-0.25, -0.2) is 4.79 Å². The summed E-state index contributed by atoms with van der Waals surface area (Å²) in [7, 11) is 1.38. The van der Waals surface area contributed by atoms with E-state index < -0.39 is 0 Å². The van der Waals surface area contributed by atoms with Gasteiger partial charge >= 0.3 is 5.97 Å². The van der Waals surface area contributed by atoms with Gasteiger partial charge in [-0.1, -0.05) is 13.3 Å². The van der Waals surface area contributed by atoms with Gasteiger partial charge in [-0.05, 0) is 18.6 Å². The Morgan fingerprint density at radius 2 is 2.12 bits per heavy atom. The third-order valence-corrected chi connectivity index (χ3v) is 3.74. The molecule has 2 aromatic heterocycles. The molecule has 6 heteroatoms. The molecule has 0 aliphatic heterocycles. The molecule has 0 unspecified atom stereocenters. The Morgan fingerprint density at radius 1 is 1.44 bits per heavy atom. The third kappa shape index (κ3) is 1.78. The number of rotatable bonds is 3. The number of nitrogens with one attached hydrogen (secondary N) is 2. The van der Waals surface area contributed by atoms with Crippen LogP contribution in [0.4, 0.5) is 0 Å². The van der Waals surface area contributed by atoms with Crippen molar-refractivity contribution in [2.45, 2.75) is 19.8 Å². The highest BCUT2D eigenvalue weighted by Crippen LogP contribution is 2.30. The van der Waals surface area contributed by atoms with Gasteiger partial charge in [0.1, 0.15) is 4.88 Å². The lowest BCUT2D eigenvalue weighted by Crippen LogP contribution is -1.98. The van der Waals surface area contributed by atoms with Crippen LogP contribution in [0.5, 0.6) is 0 Å². The smallest absolute Gasteiger partial charge is 0.350 e. The van der Waals surface area contributed by atoms with Crippen molar-refractivity contribution in [3.05, 3.63) is 14.5 Å². The van der Waals surface area contributed by atoms with Crippen LogP contribution >= 0.6 is 23.6 Å². The van der Waals surface area contributed by atoms with Crippen molar-refractivity contribution < 1.29 is 9.53 Å². The lowest BCUT2D eigenvalue weighted by atomic mass is 10.2. The van der Waals surface area contributed by atoms with Crippen molar-refractivity contribution in [3.8, 4) is 0 Å². The van der Waals surface area contributed by atoms with Crippen molar-refractivity contribution in [1.29, 1.82) is 0 Å². The molecule has 0 radical (unpaired) electrons. The molecule has 0 fully saturated rings. The normalized spacial score (nSPS) is 10.9. The molecular formula is C10H12N2O2S2. The number of aryl methyl sites for hydroxylation is 1. The number of esters is 1. The van der Waals surface area contributed by atoms with Crippen LogP contribution in [-0.2, 0) is 11.2 Å². The van der Waals surface area contributed by atoms with Crippen molar-refractivity contribution in [2.24, 2.45) is 0 Å². The van der Waals surface area contributed by atoms with E-state index in [0.29, 0.717) is 9.65 Å². The predicted molar refractivity (Wildman–Crippen MR) is 66.7 cm³/mol. The zero-order valence-corrected chi connectivity index (χ0v) is 10.7. The van der Waals surface area contributed by atoms with E-state index >= 15 is 0 Å². The molecule has 0 atom stereocenters. The summed E-state index contributed by atoms with van der Waals surface area (Å²) in [4.78, 5) is 19.4. The molecule has 86 valence electrons. The fourth-order valence-corrected chi connectivity index (χ4v) is 3.06. The van der Waals surface area contributed by atoms with Gasteiger partial charge in [0, 0.05) is 4.88 Å². The van der Waals surface area contributed by atoms with E-state index in [0.717, 1.165) is 28.8 Å². The first kappa shape index (κ1) is 11.3. The van der Waals surface area contributed by atoms with Crippen molar-refractivity contribution >= 4 is 40.6 Å². The maximum Gasteiger partial charge on any atom is 0.350 e. The lowest BCUT2D eigenvalue weighted by Gasteiger charge is -1.93. The Morgan fingerprint density at radius 3 is 2.75 bits per heavy atom. The first-order valence-corrected chi connectivity index (χ1v) is 6.21. The van der Waals surface area contributed by atoms with E-state index in [1.54, 1.807) is 0 Å². The van der Waals surface area contributed by atoms with Gasteiger partial charge in [0.2, 0.25) is 0 Å². The van der Waals surface area contributed by atoms with Crippen molar-refractivity contribution in [1.82, 2.24) is 9.97 Å². The van der Waals surface area contributed by atoms with E-state index in [-0.39, 0.29) is 5.97 Å². The molecular weight excluding hydrogens is 244 g/mol. The molecule has 2 aromatic rings. The number of methoxy groups -OCH3 is 1. The fourth-order valence-electron chi connectivity index (χ4n) is 1.63. The zero-order valence-electron chi connectivity index (χ0n) is 9.05. The molecule has 4 nitrogen and oxygen atoms in total. The van der Waals surface area contributed by atoms with Crippen molar-refractivity contribution in [3.63, 3.8) is 0 Å². The number of fused-ring (bicyclic) bond motifs is 1. The highest BCUT2D eigenvalue weighted by Gasteiger charge is 2.18. The quantitative estimate of drug-likeness (QED) is 0.655. The second-order valence-electron chi connectivity index (χ2n) is 3.43. The summed E-state index contributed by atoms with van der Waals surface area (Å²) in [6.45, 7) is 2.10. The van der Waals surface area contributed by atoms with Crippen LogP contribution in [0.25, 0.3) is 11.0 Å². The molecule has 0 aliphatic carbocycles. The Kier molecular flexibility index (Phi) is 3.11. The zero-order chi connectivity index (χ0) is 11.7. The molecule has 0 saturated carbocycles. The second-order valence-corrected chi connectivity index (χ2v) is 4.94. The summed E-state index contributed by atoms with van der Waals surface area (Å²) in [5.41, 5.74) is 1.71. The number of aromatic amines is 2. The SMILES string of the molecule is CCCc1sc(C(=O)OC)c2[nH]c(=S)[nH]c12. The number of hydrogen-bond acceptors (Lipinski definition) is 4. The predicted octanol–water partition coefficient (Wildman–Crippen LogP) is 3.03. The maximum absolute atomic E-state index is 11.6. The van der Waals surface area contributed by atoms with Crippen LogP contribution in [0, 0.1) is 4.77 Å². The number of carbonyl (C=O) groups excluding carboxylic acids is 1. The standard InChI is InChI=1S/C10H12N2O2S2/c1-3-4-5-6-7(12-10(15)11-6)8(16-5)9(13)14-2/h3-4H2,1-2H3,(H2,11,12,15). The van der Waals surface area contributed by atoms with E-state index in [1.807, 2.05) is 0 Å². The number of aromatic nitrogens is 2. The van der Waals surface area contributed by atoms with E-state index in [9.17, 15) is 4.79 Å². The van der Waals surface area contributed by atoms with Gasteiger partial charge in [-0.3, -0.25) is 0 Å². The van der Waals surface area contributed by atoms with Crippen LogP contribution in [0.15, 0.2) is 0 Å². The number of ether oxygens (including phenoxy) is 1. The van der Waals surface area contributed by atoms with Gasteiger partial charge in [-0.15, -0.1) is 11.3 Å². The molecule has 0 aromatic carbocycles. The molecule has 0 aliphatic rings. The topological polar surface area (TPSA) is 57.9 Å². The molecule has 0 spiro atoms. The number of carbonyl (C=O) groups is 1. The largest absolute Gasteiger partial charge is 0.465 e. The number of H-pyrrole nitrogens is 2. The number of hydrogen-bond donors (Lipinski definition) is 2. The summed E-state index contributed by atoms with van der Waals surface area (Å²) in [6.07, 6.45) is 1.96. The average Bonchev–Trinajstić information content (AvgIpc) is 2.77. The summed E-state index contributed by atoms with van der Waals surface area (Å²) >= 11 is 6.50. The summed E-state index contributed by atoms with van der Waals surface area (Å²) in [6, 6.07) is 0. The van der Waals surface area contributed by atoms with E-state index in [1.165, 1.54) is 18.4 Å². The Hall–Kier alpha value is -1.14. The average molecular weight is 256 g/mol.